The fraction of sp³-hybridized carbons (Fsp3) is 0.500. The van der Waals surface area contributed by atoms with Gasteiger partial charge in [0.15, 0.2) is 0 Å². The summed E-state index contributed by atoms with van der Waals surface area (Å²) in [4.78, 5) is 15.5. The van der Waals surface area contributed by atoms with E-state index in [2.05, 4.69) is 34.9 Å². The van der Waals surface area contributed by atoms with Crippen molar-refractivity contribution in [3.8, 4) is 0 Å². The van der Waals surface area contributed by atoms with Gasteiger partial charge in [-0.15, -0.1) is 0 Å². The summed E-state index contributed by atoms with van der Waals surface area (Å²) in [7, 11) is 0. The van der Waals surface area contributed by atoms with Crippen LogP contribution in [0.2, 0.25) is 0 Å². The lowest BCUT2D eigenvalue weighted by molar-refractivity contribution is -0.120. The van der Waals surface area contributed by atoms with Crippen molar-refractivity contribution >= 4 is 17.4 Å². The first-order valence-electron chi connectivity index (χ1n) is 6.05. The van der Waals surface area contributed by atoms with E-state index in [1.165, 1.54) is 0 Å². The predicted octanol–water partition coefficient (Wildman–Crippen LogP) is 0.941. The van der Waals surface area contributed by atoms with Gasteiger partial charge in [0, 0.05) is 37.5 Å². The Morgan fingerprint density at radius 3 is 2.94 bits per heavy atom. The summed E-state index contributed by atoms with van der Waals surface area (Å²) in [5.74, 6) is 6.38. The van der Waals surface area contributed by atoms with Gasteiger partial charge in [0.1, 0.15) is 5.82 Å². The van der Waals surface area contributed by atoms with Crippen molar-refractivity contribution in [2.45, 2.75) is 20.3 Å². The van der Waals surface area contributed by atoms with E-state index < -0.39 is 0 Å². The van der Waals surface area contributed by atoms with Crippen molar-refractivity contribution in [1.82, 2.24) is 10.3 Å². The number of anilines is 2. The molecule has 0 bridgehead atoms. The van der Waals surface area contributed by atoms with Gasteiger partial charge in [-0.3, -0.25) is 4.79 Å². The number of nitrogen functional groups attached to an aromatic ring is 1. The Balaban J connectivity index is 2.26. The number of nitrogens with one attached hydrogen (secondary N) is 3. The van der Waals surface area contributed by atoms with E-state index in [1.807, 2.05) is 6.07 Å². The molecule has 0 aliphatic rings. The number of hydrogen-bond acceptors (Lipinski definition) is 5. The van der Waals surface area contributed by atoms with Gasteiger partial charge >= 0.3 is 0 Å². The first kappa shape index (κ1) is 14.2. The molecule has 0 unspecified atom stereocenters. The fourth-order valence-electron chi connectivity index (χ4n) is 1.35. The fourth-order valence-corrected chi connectivity index (χ4v) is 1.35. The maximum absolute atomic E-state index is 11.5. The molecule has 0 fully saturated rings. The van der Waals surface area contributed by atoms with Crippen LogP contribution in [-0.2, 0) is 4.79 Å². The smallest absolute Gasteiger partial charge is 0.221 e. The Hall–Kier alpha value is -1.82. The molecule has 0 saturated heterocycles. The lowest BCUT2D eigenvalue weighted by Crippen LogP contribution is -2.28. The highest BCUT2D eigenvalue weighted by Crippen LogP contribution is 2.10. The first-order valence-corrected chi connectivity index (χ1v) is 6.05. The molecule has 1 amide bonds. The zero-order valence-corrected chi connectivity index (χ0v) is 10.9. The Bertz CT molecular complexity index is 380. The predicted molar refractivity (Wildman–Crippen MR) is 73.0 cm³/mol. The summed E-state index contributed by atoms with van der Waals surface area (Å²) in [6.45, 7) is 5.43. The zero-order valence-electron chi connectivity index (χ0n) is 10.9. The van der Waals surface area contributed by atoms with Crippen molar-refractivity contribution in [2.24, 2.45) is 11.8 Å². The minimum atomic E-state index is 0.0578. The number of carbonyl (C=O) groups is 1. The van der Waals surface area contributed by atoms with Crippen LogP contribution >= 0.6 is 0 Å². The molecular weight excluding hydrogens is 230 g/mol. The monoisotopic (exact) mass is 251 g/mol. The average molecular weight is 251 g/mol. The van der Waals surface area contributed by atoms with Crippen LogP contribution in [0.25, 0.3) is 0 Å². The number of carbonyl (C=O) groups excluding carboxylic acids is 1. The highest BCUT2D eigenvalue weighted by atomic mass is 16.1. The van der Waals surface area contributed by atoms with Crippen LogP contribution in [0.4, 0.5) is 11.5 Å². The van der Waals surface area contributed by atoms with E-state index in [9.17, 15) is 4.79 Å². The van der Waals surface area contributed by atoms with E-state index in [0.717, 1.165) is 12.2 Å². The van der Waals surface area contributed by atoms with Crippen LogP contribution in [0.5, 0.6) is 0 Å². The third-order valence-electron chi connectivity index (χ3n) is 2.30. The average Bonchev–Trinajstić information content (AvgIpc) is 2.36. The quantitative estimate of drug-likeness (QED) is 0.427. The van der Waals surface area contributed by atoms with Gasteiger partial charge < -0.3 is 16.1 Å². The number of aromatic nitrogens is 1. The Morgan fingerprint density at radius 1 is 1.50 bits per heavy atom. The standard InChI is InChI=1S/C12H21N5O/c1-9(2)8-16-12(18)4-6-14-10-3-5-15-11(7-10)17-13/h3,5,7,9H,4,6,8,13H2,1-2H3,(H,16,18)(H2,14,15,17). The topological polar surface area (TPSA) is 92.1 Å². The van der Waals surface area contributed by atoms with Gasteiger partial charge in [0.25, 0.3) is 0 Å². The first-order chi connectivity index (χ1) is 8.61. The Morgan fingerprint density at radius 2 is 2.28 bits per heavy atom. The molecule has 0 spiro atoms. The largest absolute Gasteiger partial charge is 0.384 e. The summed E-state index contributed by atoms with van der Waals surface area (Å²) >= 11 is 0. The minimum absolute atomic E-state index is 0.0578. The zero-order chi connectivity index (χ0) is 13.4. The summed E-state index contributed by atoms with van der Waals surface area (Å²) in [5, 5.41) is 6.01. The molecule has 0 aromatic carbocycles. The molecule has 18 heavy (non-hydrogen) atoms. The number of pyridine rings is 1. The van der Waals surface area contributed by atoms with Crippen LogP contribution in [0.15, 0.2) is 18.3 Å². The third kappa shape index (κ3) is 5.49. The maximum atomic E-state index is 11.5. The summed E-state index contributed by atoms with van der Waals surface area (Å²) < 4.78 is 0. The third-order valence-corrected chi connectivity index (χ3v) is 2.30. The van der Waals surface area contributed by atoms with E-state index in [1.54, 1.807) is 12.3 Å². The molecule has 0 radical (unpaired) electrons. The van der Waals surface area contributed by atoms with E-state index >= 15 is 0 Å². The second kappa shape index (κ2) is 7.50. The molecule has 0 saturated carbocycles. The Labute approximate surface area is 107 Å². The number of nitrogens with zero attached hydrogens (tertiary/aromatic N) is 1. The Kier molecular flexibility index (Phi) is 5.93. The van der Waals surface area contributed by atoms with E-state index in [0.29, 0.717) is 24.7 Å². The number of nitrogens with two attached hydrogens (primary N) is 1. The van der Waals surface area contributed by atoms with E-state index in [-0.39, 0.29) is 5.91 Å². The summed E-state index contributed by atoms with van der Waals surface area (Å²) in [5.41, 5.74) is 3.35. The van der Waals surface area contributed by atoms with Crippen molar-refractivity contribution in [2.75, 3.05) is 23.8 Å². The summed E-state index contributed by atoms with van der Waals surface area (Å²) in [6.07, 6.45) is 2.09. The summed E-state index contributed by atoms with van der Waals surface area (Å²) in [6, 6.07) is 3.61. The van der Waals surface area contributed by atoms with Gasteiger partial charge in [-0.05, 0) is 12.0 Å². The normalized spacial score (nSPS) is 10.2. The molecular formula is C12H21N5O. The van der Waals surface area contributed by atoms with Crippen molar-refractivity contribution in [3.63, 3.8) is 0 Å². The molecule has 0 atom stereocenters. The van der Waals surface area contributed by atoms with Crippen LogP contribution in [-0.4, -0.2) is 24.0 Å². The molecule has 1 rings (SSSR count). The molecule has 100 valence electrons. The van der Waals surface area contributed by atoms with Crippen molar-refractivity contribution in [1.29, 1.82) is 0 Å². The van der Waals surface area contributed by atoms with Crippen molar-refractivity contribution in [3.05, 3.63) is 18.3 Å². The number of amides is 1. The molecule has 0 aliphatic carbocycles. The lowest BCUT2D eigenvalue weighted by Gasteiger charge is -2.09. The highest BCUT2D eigenvalue weighted by molar-refractivity contribution is 5.76. The van der Waals surface area contributed by atoms with Gasteiger partial charge in [-0.25, -0.2) is 10.8 Å². The molecule has 1 heterocycles. The maximum Gasteiger partial charge on any atom is 0.221 e. The highest BCUT2D eigenvalue weighted by Gasteiger charge is 2.02. The van der Waals surface area contributed by atoms with Crippen LogP contribution in [0.3, 0.4) is 0 Å². The molecule has 1 aromatic rings. The van der Waals surface area contributed by atoms with Gasteiger partial charge in [-0.2, -0.15) is 0 Å². The molecule has 6 heteroatoms. The second-order valence-electron chi connectivity index (χ2n) is 4.45. The second-order valence-corrected chi connectivity index (χ2v) is 4.45. The van der Waals surface area contributed by atoms with Gasteiger partial charge in [-0.1, -0.05) is 13.8 Å². The van der Waals surface area contributed by atoms with Crippen molar-refractivity contribution < 1.29 is 4.79 Å². The van der Waals surface area contributed by atoms with Crippen LogP contribution in [0, 0.1) is 5.92 Å². The number of hydrazine groups is 1. The lowest BCUT2D eigenvalue weighted by atomic mass is 10.2. The molecule has 5 N–H and O–H groups in total. The molecule has 1 aromatic heterocycles. The van der Waals surface area contributed by atoms with Crippen LogP contribution < -0.4 is 21.9 Å². The molecule has 6 nitrogen and oxygen atoms in total. The van der Waals surface area contributed by atoms with Gasteiger partial charge in [0.2, 0.25) is 5.91 Å². The SMILES string of the molecule is CC(C)CNC(=O)CCNc1ccnc(NN)c1. The van der Waals surface area contributed by atoms with Gasteiger partial charge in [0.05, 0.1) is 0 Å². The molecule has 0 aliphatic heterocycles. The number of hydrogen-bond donors (Lipinski definition) is 4. The van der Waals surface area contributed by atoms with Crippen LogP contribution in [0.1, 0.15) is 20.3 Å². The van der Waals surface area contributed by atoms with E-state index in [4.69, 9.17) is 5.84 Å². The minimum Gasteiger partial charge on any atom is -0.384 e. The number of rotatable bonds is 7.